The van der Waals surface area contributed by atoms with Crippen LogP contribution in [-0.4, -0.2) is 35.3 Å². The van der Waals surface area contributed by atoms with E-state index in [0.29, 0.717) is 17.4 Å². The van der Waals surface area contributed by atoms with E-state index in [1.165, 1.54) is 17.4 Å². The van der Waals surface area contributed by atoms with Crippen molar-refractivity contribution >= 4 is 29.3 Å². The Kier molecular flexibility index (Phi) is 5.51. The number of nitrogens with zero attached hydrogens (tertiary/aromatic N) is 3. The number of methoxy groups -OCH3 is 2. The molecular formula is C18H18N4O4S. The Morgan fingerprint density at radius 2 is 1.96 bits per heavy atom. The van der Waals surface area contributed by atoms with Crippen LogP contribution in [-0.2, 0) is 4.79 Å². The Labute approximate surface area is 159 Å². The van der Waals surface area contributed by atoms with Crippen LogP contribution in [0.1, 0.15) is 16.3 Å². The van der Waals surface area contributed by atoms with E-state index in [9.17, 15) is 4.79 Å². The van der Waals surface area contributed by atoms with Gasteiger partial charge in [-0.15, -0.1) is 16.4 Å². The number of carbonyl (C=O) groups is 1. The number of aryl methyl sites for hydroxylation is 2. The van der Waals surface area contributed by atoms with Crippen LogP contribution in [0.5, 0.6) is 11.5 Å². The Morgan fingerprint density at radius 3 is 2.63 bits per heavy atom. The quantitative estimate of drug-likeness (QED) is 0.647. The van der Waals surface area contributed by atoms with Crippen molar-refractivity contribution in [2.45, 2.75) is 13.8 Å². The number of carbonyl (C=O) groups excluding carboxylic acids is 1. The lowest BCUT2D eigenvalue weighted by molar-refractivity contribution is -0.112. The number of amides is 1. The lowest BCUT2D eigenvalue weighted by Crippen LogP contribution is -2.07. The number of benzene rings is 1. The second-order valence-electron chi connectivity index (χ2n) is 5.50. The third-order valence-electron chi connectivity index (χ3n) is 3.59. The maximum Gasteiger partial charge on any atom is 0.322 e. The number of aromatic nitrogens is 3. The first kappa shape index (κ1) is 18.6. The third kappa shape index (κ3) is 4.32. The van der Waals surface area contributed by atoms with Gasteiger partial charge in [0.2, 0.25) is 0 Å². The van der Waals surface area contributed by atoms with Crippen LogP contribution in [0.25, 0.3) is 16.8 Å². The molecule has 0 saturated carbocycles. The van der Waals surface area contributed by atoms with Crippen LogP contribution in [0, 0.1) is 13.8 Å². The van der Waals surface area contributed by atoms with Crippen molar-refractivity contribution in [3.05, 3.63) is 40.5 Å². The second-order valence-corrected chi connectivity index (χ2v) is 6.70. The number of anilines is 1. The molecule has 1 amide bonds. The maximum absolute atomic E-state index is 12.1. The highest BCUT2D eigenvalue weighted by molar-refractivity contribution is 7.15. The van der Waals surface area contributed by atoms with E-state index in [1.54, 1.807) is 32.4 Å². The van der Waals surface area contributed by atoms with E-state index in [2.05, 4.69) is 20.5 Å². The fourth-order valence-electron chi connectivity index (χ4n) is 2.37. The highest BCUT2D eigenvalue weighted by Crippen LogP contribution is 2.30. The van der Waals surface area contributed by atoms with Crippen LogP contribution in [0.15, 0.2) is 28.7 Å². The molecule has 1 aromatic carbocycles. The average molecular weight is 386 g/mol. The number of rotatable bonds is 6. The molecule has 2 heterocycles. The number of nitrogens with one attached hydrogen (secondary N) is 1. The highest BCUT2D eigenvalue weighted by Gasteiger charge is 2.15. The second kappa shape index (κ2) is 8.00. The molecule has 0 aliphatic carbocycles. The van der Waals surface area contributed by atoms with Crippen LogP contribution in [0.3, 0.4) is 0 Å². The average Bonchev–Trinajstić information content (AvgIpc) is 3.25. The molecule has 0 radical (unpaired) electrons. The molecule has 0 atom stereocenters. The van der Waals surface area contributed by atoms with Crippen LogP contribution in [0.2, 0.25) is 0 Å². The molecule has 1 N–H and O–H groups in total. The summed E-state index contributed by atoms with van der Waals surface area (Å²) in [7, 11) is 3.12. The minimum atomic E-state index is -0.391. The molecule has 0 spiro atoms. The standard InChI is InChI=1S/C18H18N4O4S/c1-10-16(27-11(2)19-10)17-21-22-18(26-17)20-15(23)8-6-12-5-7-13(24-3)14(9-12)25-4/h5-9H,1-4H3,(H,20,22,23)/b8-6+. The van der Waals surface area contributed by atoms with Gasteiger partial charge in [-0.1, -0.05) is 11.2 Å². The zero-order valence-corrected chi connectivity index (χ0v) is 16.1. The molecule has 2 aromatic heterocycles. The van der Waals surface area contributed by atoms with Crippen molar-refractivity contribution in [3.8, 4) is 22.3 Å². The van der Waals surface area contributed by atoms with Crippen molar-refractivity contribution in [2.24, 2.45) is 0 Å². The van der Waals surface area contributed by atoms with Gasteiger partial charge in [-0.25, -0.2) is 4.98 Å². The normalized spacial score (nSPS) is 11.0. The molecule has 3 rings (SSSR count). The van der Waals surface area contributed by atoms with Crippen molar-refractivity contribution in [1.29, 1.82) is 0 Å². The van der Waals surface area contributed by atoms with E-state index >= 15 is 0 Å². The van der Waals surface area contributed by atoms with E-state index in [4.69, 9.17) is 13.9 Å². The molecule has 140 valence electrons. The van der Waals surface area contributed by atoms with Crippen molar-refractivity contribution in [1.82, 2.24) is 15.2 Å². The Hall–Kier alpha value is -3.20. The van der Waals surface area contributed by atoms with Gasteiger partial charge in [-0.3, -0.25) is 10.1 Å². The van der Waals surface area contributed by atoms with Gasteiger partial charge in [0.1, 0.15) is 4.88 Å². The molecule has 27 heavy (non-hydrogen) atoms. The summed E-state index contributed by atoms with van der Waals surface area (Å²) >= 11 is 1.46. The smallest absolute Gasteiger partial charge is 0.322 e. The largest absolute Gasteiger partial charge is 0.493 e. The van der Waals surface area contributed by atoms with E-state index in [-0.39, 0.29) is 6.01 Å². The maximum atomic E-state index is 12.1. The van der Waals surface area contributed by atoms with Gasteiger partial charge < -0.3 is 13.9 Å². The summed E-state index contributed by atoms with van der Waals surface area (Å²) in [6.07, 6.45) is 3.01. The van der Waals surface area contributed by atoms with Gasteiger partial charge in [-0.2, -0.15) is 0 Å². The fourth-order valence-corrected chi connectivity index (χ4v) is 3.21. The van der Waals surface area contributed by atoms with Crippen molar-refractivity contribution in [2.75, 3.05) is 19.5 Å². The van der Waals surface area contributed by atoms with Gasteiger partial charge in [0.25, 0.3) is 11.8 Å². The monoisotopic (exact) mass is 386 g/mol. The third-order valence-corrected chi connectivity index (χ3v) is 4.65. The van der Waals surface area contributed by atoms with Crippen molar-refractivity contribution < 1.29 is 18.7 Å². The van der Waals surface area contributed by atoms with Gasteiger partial charge in [0, 0.05) is 6.08 Å². The van der Waals surface area contributed by atoms with Crippen LogP contribution in [0.4, 0.5) is 6.01 Å². The lowest BCUT2D eigenvalue weighted by Gasteiger charge is -2.07. The summed E-state index contributed by atoms with van der Waals surface area (Å²) in [5.41, 5.74) is 1.59. The number of hydrogen-bond acceptors (Lipinski definition) is 8. The first-order valence-corrected chi connectivity index (χ1v) is 8.81. The number of ether oxygens (including phenoxy) is 2. The zero-order chi connectivity index (χ0) is 19.4. The van der Waals surface area contributed by atoms with E-state index in [1.807, 2.05) is 19.9 Å². The van der Waals surface area contributed by atoms with Crippen LogP contribution < -0.4 is 14.8 Å². The Morgan fingerprint density at radius 1 is 1.19 bits per heavy atom. The molecule has 0 aliphatic rings. The Bertz CT molecular complexity index is 993. The first-order chi connectivity index (χ1) is 13.0. The molecule has 9 heteroatoms. The molecule has 0 fully saturated rings. The summed E-state index contributed by atoms with van der Waals surface area (Å²) in [5.74, 6) is 1.14. The summed E-state index contributed by atoms with van der Waals surface area (Å²) in [4.78, 5) is 17.2. The predicted octanol–water partition coefficient (Wildman–Crippen LogP) is 3.48. The molecule has 0 aliphatic heterocycles. The number of thiazole rings is 1. The van der Waals surface area contributed by atoms with E-state index < -0.39 is 5.91 Å². The zero-order valence-electron chi connectivity index (χ0n) is 15.3. The summed E-state index contributed by atoms with van der Waals surface area (Å²) in [6, 6.07) is 5.37. The minimum absolute atomic E-state index is 0.0254. The topological polar surface area (TPSA) is 99.4 Å². The molecule has 0 saturated heterocycles. The molecule has 0 bridgehead atoms. The summed E-state index contributed by atoms with van der Waals surface area (Å²) in [6.45, 7) is 3.77. The summed E-state index contributed by atoms with van der Waals surface area (Å²) < 4.78 is 15.9. The molecule has 0 unspecified atom stereocenters. The lowest BCUT2D eigenvalue weighted by atomic mass is 10.2. The van der Waals surface area contributed by atoms with Crippen LogP contribution >= 0.6 is 11.3 Å². The first-order valence-electron chi connectivity index (χ1n) is 7.99. The van der Waals surface area contributed by atoms with Gasteiger partial charge >= 0.3 is 6.01 Å². The Balaban J connectivity index is 1.68. The summed E-state index contributed by atoms with van der Waals surface area (Å²) in [5, 5.41) is 11.3. The minimum Gasteiger partial charge on any atom is -0.493 e. The highest BCUT2D eigenvalue weighted by atomic mass is 32.1. The van der Waals surface area contributed by atoms with E-state index in [0.717, 1.165) is 21.1 Å². The van der Waals surface area contributed by atoms with Gasteiger partial charge in [0.15, 0.2) is 11.5 Å². The molecule has 8 nitrogen and oxygen atoms in total. The molecule has 3 aromatic rings. The SMILES string of the molecule is COc1ccc(/C=C/C(=O)Nc2nnc(-c3sc(C)nc3C)o2)cc1OC. The van der Waals surface area contributed by atoms with Gasteiger partial charge in [-0.05, 0) is 37.6 Å². The fraction of sp³-hybridized carbons (Fsp3) is 0.222. The predicted molar refractivity (Wildman–Crippen MR) is 102 cm³/mol. The van der Waals surface area contributed by atoms with Crippen molar-refractivity contribution in [3.63, 3.8) is 0 Å². The van der Waals surface area contributed by atoms with Gasteiger partial charge in [0.05, 0.1) is 24.9 Å². The number of hydrogen-bond donors (Lipinski definition) is 1. The molecular weight excluding hydrogens is 368 g/mol.